The number of carbonyl (C=O) groups is 1. The highest BCUT2D eigenvalue weighted by Crippen LogP contribution is 2.70. The van der Waals surface area contributed by atoms with E-state index in [1.54, 1.807) is 7.11 Å². The van der Waals surface area contributed by atoms with Crippen LogP contribution in [0.3, 0.4) is 0 Å². The van der Waals surface area contributed by atoms with E-state index < -0.39 is 0 Å². The Labute approximate surface area is 191 Å². The van der Waals surface area contributed by atoms with Crippen molar-refractivity contribution < 1.29 is 19.0 Å². The summed E-state index contributed by atoms with van der Waals surface area (Å²) < 4.78 is 17.9. The van der Waals surface area contributed by atoms with E-state index in [1.807, 2.05) is 12.1 Å². The molecular weight excluding hydrogens is 404 g/mol. The first-order chi connectivity index (χ1) is 15.4. The highest BCUT2D eigenvalue weighted by atomic mass is 16.6. The molecule has 3 saturated heterocycles. The molecule has 1 spiro atoms. The Morgan fingerprint density at radius 3 is 2.62 bits per heavy atom. The Morgan fingerprint density at radius 1 is 1.16 bits per heavy atom. The lowest BCUT2D eigenvalue weighted by Gasteiger charge is -2.49. The van der Waals surface area contributed by atoms with E-state index in [1.165, 1.54) is 24.9 Å². The Morgan fingerprint density at radius 2 is 1.91 bits per heavy atom. The normalized spacial score (nSPS) is 43.2. The highest BCUT2D eigenvalue weighted by Gasteiger charge is 2.78. The molecule has 5 aliphatic rings. The third kappa shape index (κ3) is 2.95. The van der Waals surface area contributed by atoms with Crippen LogP contribution in [-0.4, -0.2) is 68.5 Å². The van der Waals surface area contributed by atoms with Gasteiger partial charge in [0.1, 0.15) is 17.5 Å². The molecule has 174 valence electrons. The Kier molecular flexibility index (Phi) is 4.78. The number of hydrogen-bond acceptors (Lipinski definition) is 6. The van der Waals surface area contributed by atoms with Gasteiger partial charge in [-0.3, -0.25) is 9.69 Å². The second-order valence-electron chi connectivity index (χ2n) is 11.0. The lowest BCUT2D eigenvalue weighted by atomic mass is 9.53. The Hall–Kier alpha value is -1.79. The van der Waals surface area contributed by atoms with Crippen LogP contribution in [0.1, 0.15) is 39.5 Å². The van der Waals surface area contributed by atoms with E-state index in [2.05, 4.69) is 35.8 Å². The molecule has 6 heteroatoms. The number of hydrogen-bond donors (Lipinski definition) is 0. The SMILES string of the molecule is COc1ccc(N2CCN(C[C@H]3C(=O)O[C@@H]4C[C@]5(C)CCC[C@@H](C)[C@@]56O[C@@H]6[C@H]43)CC2)cc1. The maximum atomic E-state index is 13.0. The number of esters is 1. The maximum Gasteiger partial charge on any atom is 0.311 e. The van der Waals surface area contributed by atoms with Gasteiger partial charge in [0, 0.05) is 49.7 Å². The van der Waals surface area contributed by atoms with E-state index in [4.69, 9.17) is 14.2 Å². The van der Waals surface area contributed by atoms with Crippen molar-refractivity contribution in [3.8, 4) is 5.75 Å². The molecule has 6 nitrogen and oxygen atoms in total. The van der Waals surface area contributed by atoms with Crippen molar-refractivity contribution in [1.82, 2.24) is 4.90 Å². The van der Waals surface area contributed by atoms with Crippen molar-refractivity contribution in [3.05, 3.63) is 24.3 Å². The predicted molar refractivity (Wildman–Crippen MR) is 122 cm³/mol. The molecule has 3 heterocycles. The van der Waals surface area contributed by atoms with Crippen molar-refractivity contribution in [1.29, 1.82) is 0 Å². The van der Waals surface area contributed by atoms with Crippen molar-refractivity contribution in [3.63, 3.8) is 0 Å². The summed E-state index contributed by atoms with van der Waals surface area (Å²) in [7, 11) is 1.70. The van der Waals surface area contributed by atoms with E-state index in [9.17, 15) is 4.79 Å². The third-order valence-electron chi connectivity index (χ3n) is 9.46. The smallest absolute Gasteiger partial charge is 0.311 e. The summed E-state index contributed by atoms with van der Waals surface area (Å²) in [5.74, 6) is 1.67. The summed E-state index contributed by atoms with van der Waals surface area (Å²) >= 11 is 0. The zero-order valence-corrected chi connectivity index (χ0v) is 19.6. The molecule has 1 aromatic carbocycles. The van der Waals surface area contributed by atoms with Gasteiger partial charge in [0.15, 0.2) is 0 Å². The number of ether oxygens (including phenoxy) is 3. The zero-order chi connectivity index (χ0) is 22.1. The van der Waals surface area contributed by atoms with Crippen molar-refractivity contribution >= 4 is 11.7 Å². The number of benzene rings is 1. The molecule has 5 fully saturated rings. The van der Waals surface area contributed by atoms with E-state index >= 15 is 0 Å². The summed E-state index contributed by atoms with van der Waals surface area (Å²) in [4.78, 5) is 17.9. The first-order valence-corrected chi connectivity index (χ1v) is 12.4. The van der Waals surface area contributed by atoms with Gasteiger partial charge < -0.3 is 19.1 Å². The Balaban J connectivity index is 1.12. The number of nitrogens with zero attached hydrogens (tertiary/aromatic N) is 2. The van der Waals surface area contributed by atoms with Crippen LogP contribution in [0.25, 0.3) is 0 Å². The fourth-order valence-corrected chi connectivity index (χ4v) is 7.70. The standard InChI is InChI=1S/C26H36N2O4/c1-17-5-4-10-25(2)15-21-22(23-26(17,25)32-23)20(24(29)31-21)16-27-11-13-28(14-12-27)18-6-8-19(30-3)9-7-18/h6-9,17,20-23H,4-5,10-16H2,1-3H3/t17-,20-,21-,22+,23-,25+,26+/m1/s1. The lowest BCUT2D eigenvalue weighted by Crippen LogP contribution is -2.55. The molecule has 2 saturated carbocycles. The van der Waals surface area contributed by atoms with Gasteiger partial charge in [-0.25, -0.2) is 0 Å². The van der Waals surface area contributed by atoms with E-state index in [0.717, 1.165) is 44.9 Å². The number of piperazine rings is 1. The van der Waals surface area contributed by atoms with Gasteiger partial charge in [0.2, 0.25) is 0 Å². The van der Waals surface area contributed by atoms with Crippen molar-refractivity contribution in [2.45, 2.75) is 57.3 Å². The number of rotatable bonds is 4. The van der Waals surface area contributed by atoms with Gasteiger partial charge in [-0.05, 0) is 49.4 Å². The van der Waals surface area contributed by atoms with Crippen molar-refractivity contribution in [2.75, 3.05) is 44.7 Å². The summed E-state index contributed by atoms with van der Waals surface area (Å²) in [6.07, 6.45) is 4.94. The number of methoxy groups -OCH3 is 1. The fraction of sp³-hybridized carbons (Fsp3) is 0.731. The van der Waals surface area contributed by atoms with Crippen LogP contribution >= 0.6 is 0 Å². The summed E-state index contributed by atoms with van der Waals surface area (Å²) in [5.41, 5.74) is 1.39. The highest BCUT2D eigenvalue weighted by molar-refractivity contribution is 5.76. The van der Waals surface area contributed by atoms with Crippen LogP contribution in [0.15, 0.2) is 24.3 Å². The largest absolute Gasteiger partial charge is 0.497 e. The van der Waals surface area contributed by atoms with Gasteiger partial charge in [-0.1, -0.05) is 20.3 Å². The number of anilines is 1. The van der Waals surface area contributed by atoms with Gasteiger partial charge in [0.05, 0.1) is 19.1 Å². The van der Waals surface area contributed by atoms with Gasteiger partial charge in [-0.15, -0.1) is 0 Å². The van der Waals surface area contributed by atoms with Crippen LogP contribution in [-0.2, 0) is 14.3 Å². The molecule has 2 aliphatic carbocycles. The molecule has 3 aliphatic heterocycles. The van der Waals surface area contributed by atoms with Crippen LogP contribution in [0.5, 0.6) is 5.75 Å². The maximum absolute atomic E-state index is 13.0. The summed E-state index contributed by atoms with van der Waals surface area (Å²) in [6.45, 7) is 9.44. The molecule has 0 radical (unpaired) electrons. The van der Waals surface area contributed by atoms with Crippen LogP contribution in [0.2, 0.25) is 0 Å². The van der Waals surface area contributed by atoms with E-state index in [-0.39, 0.29) is 41.0 Å². The second kappa shape index (κ2) is 7.36. The van der Waals surface area contributed by atoms with Crippen LogP contribution < -0.4 is 9.64 Å². The summed E-state index contributed by atoms with van der Waals surface area (Å²) in [5, 5.41) is 0. The lowest BCUT2D eigenvalue weighted by molar-refractivity contribution is -0.146. The van der Waals surface area contributed by atoms with Crippen LogP contribution in [0, 0.1) is 23.2 Å². The summed E-state index contributed by atoms with van der Waals surface area (Å²) in [6, 6.07) is 8.29. The molecule has 32 heavy (non-hydrogen) atoms. The minimum absolute atomic E-state index is 0.00822. The van der Waals surface area contributed by atoms with Gasteiger partial charge in [0.25, 0.3) is 0 Å². The molecule has 0 unspecified atom stereocenters. The molecule has 0 N–H and O–H groups in total. The quantitative estimate of drug-likeness (QED) is 0.529. The Bertz CT molecular complexity index is 882. The minimum Gasteiger partial charge on any atom is -0.497 e. The number of fused-ring (bicyclic) bond motifs is 2. The predicted octanol–water partition coefficient (Wildman–Crippen LogP) is 3.34. The average Bonchev–Trinajstić information content (AvgIpc) is 3.49. The zero-order valence-electron chi connectivity index (χ0n) is 19.6. The first-order valence-electron chi connectivity index (χ1n) is 12.4. The van der Waals surface area contributed by atoms with Crippen molar-refractivity contribution in [2.24, 2.45) is 23.2 Å². The topological polar surface area (TPSA) is 54.5 Å². The molecule has 0 amide bonds. The van der Waals surface area contributed by atoms with Gasteiger partial charge >= 0.3 is 5.97 Å². The van der Waals surface area contributed by atoms with Crippen LogP contribution in [0.4, 0.5) is 5.69 Å². The minimum atomic E-state index is -0.0458. The molecule has 0 aromatic heterocycles. The average molecular weight is 441 g/mol. The number of epoxide rings is 1. The fourth-order valence-electron chi connectivity index (χ4n) is 7.70. The molecule has 1 aromatic rings. The first kappa shape index (κ1) is 20.8. The molecule has 6 rings (SSSR count). The van der Waals surface area contributed by atoms with Gasteiger partial charge in [-0.2, -0.15) is 0 Å². The molecular formula is C26H36N2O4. The molecule has 7 atom stereocenters. The second-order valence-corrected chi connectivity index (χ2v) is 11.0. The van der Waals surface area contributed by atoms with E-state index in [0.29, 0.717) is 5.92 Å². The molecule has 0 bridgehead atoms. The third-order valence-corrected chi connectivity index (χ3v) is 9.46. The number of carbonyl (C=O) groups excluding carboxylic acids is 1. The monoisotopic (exact) mass is 440 g/mol.